The summed E-state index contributed by atoms with van der Waals surface area (Å²) in [5.41, 5.74) is 1.46. The zero-order valence-electron chi connectivity index (χ0n) is 21.2. The Hall–Kier alpha value is -4.13. The number of carbonyl (C=O) groups is 3. The molecule has 2 bridgehead atoms. The number of hydrogen-bond donors (Lipinski definition) is 1. The number of hydrogen-bond acceptors (Lipinski definition) is 5. The van der Waals surface area contributed by atoms with Crippen molar-refractivity contribution >= 4 is 23.4 Å². The first-order valence-electron chi connectivity index (χ1n) is 13.2. The van der Waals surface area contributed by atoms with Crippen LogP contribution in [-0.4, -0.2) is 35.8 Å². The summed E-state index contributed by atoms with van der Waals surface area (Å²) in [6.07, 6.45) is 3.23. The van der Waals surface area contributed by atoms with Crippen LogP contribution in [0.15, 0.2) is 78.9 Å². The smallest absolute Gasteiger partial charge is 0.248 e. The summed E-state index contributed by atoms with van der Waals surface area (Å²) in [5.74, 6) is 1.31. The third-order valence-electron chi connectivity index (χ3n) is 8.26. The summed E-state index contributed by atoms with van der Waals surface area (Å²) in [7, 11) is 1.61. The molecule has 7 nitrogen and oxygen atoms in total. The molecule has 194 valence electrons. The molecule has 0 aromatic heterocycles. The molecule has 38 heavy (non-hydrogen) atoms. The second-order valence-corrected chi connectivity index (χ2v) is 10.4. The van der Waals surface area contributed by atoms with Gasteiger partial charge in [-0.05, 0) is 85.2 Å². The van der Waals surface area contributed by atoms with E-state index in [0.29, 0.717) is 17.2 Å². The predicted molar refractivity (Wildman–Crippen MR) is 142 cm³/mol. The Labute approximate surface area is 221 Å². The molecule has 3 aromatic rings. The van der Waals surface area contributed by atoms with Crippen molar-refractivity contribution in [1.82, 2.24) is 4.90 Å². The van der Waals surface area contributed by atoms with Crippen molar-refractivity contribution in [3.63, 3.8) is 0 Å². The van der Waals surface area contributed by atoms with E-state index < -0.39 is 6.04 Å². The van der Waals surface area contributed by atoms with E-state index in [4.69, 9.17) is 9.47 Å². The number of carbonyl (C=O) groups excluding carboxylic acids is 3. The van der Waals surface area contributed by atoms with Crippen molar-refractivity contribution in [3.8, 4) is 17.2 Å². The number of rotatable bonds is 8. The van der Waals surface area contributed by atoms with Gasteiger partial charge >= 0.3 is 0 Å². The van der Waals surface area contributed by atoms with Crippen LogP contribution in [0.2, 0.25) is 0 Å². The molecule has 0 spiro atoms. The molecule has 7 heteroatoms. The third-order valence-corrected chi connectivity index (χ3v) is 8.26. The Kier molecular flexibility index (Phi) is 6.35. The van der Waals surface area contributed by atoms with Crippen LogP contribution in [0.5, 0.6) is 17.2 Å². The SMILES string of the molecule is COc1ccc(Oc2ccc(NC(=O)C(Cc3ccccc3)N3C(=O)C4C5CCC(C5)C4C3=O)cc2)cc1. The van der Waals surface area contributed by atoms with Crippen LogP contribution in [-0.2, 0) is 20.8 Å². The minimum atomic E-state index is -0.905. The van der Waals surface area contributed by atoms with Crippen molar-refractivity contribution < 1.29 is 23.9 Å². The lowest BCUT2D eigenvalue weighted by Crippen LogP contribution is -2.49. The van der Waals surface area contributed by atoms with Gasteiger partial charge in [-0.25, -0.2) is 0 Å². The van der Waals surface area contributed by atoms with Gasteiger partial charge in [0.25, 0.3) is 0 Å². The van der Waals surface area contributed by atoms with Crippen LogP contribution in [0.25, 0.3) is 0 Å². The Morgan fingerprint density at radius 3 is 1.97 bits per heavy atom. The van der Waals surface area contributed by atoms with Gasteiger partial charge in [-0.1, -0.05) is 30.3 Å². The summed E-state index contributed by atoms with van der Waals surface area (Å²) in [4.78, 5) is 42.0. The molecule has 5 atom stereocenters. The number of benzene rings is 3. The first kappa shape index (κ1) is 24.2. The fraction of sp³-hybridized carbons (Fsp3) is 0.323. The Morgan fingerprint density at radius 2 is 1.39 bits per heavy atom. The van der Waals surface area contributed by atoms with Gasteiger partial charge in [0.15, 0.2) is 0 Å². The Balaban J connectivity index is 1.20. The average Bonchev–Trinajstić information content (AvgIpc) is 3.63. The normalized spacial score (nSPS) is 24.3. The van der Waals surface area contributed by atoms with E-state index in [9.17, 15) is 14.4 Å². The number of nitrogens with zero attached hydrogens (tertiary/aromatic N) is 1. The van der Waals surface area contributed by atoms with Gasteiger partial charge in [-0.15, -0.1) is 0 Å². The van der Waals surface area contributed by atoms with Gasteiger partial charge in [0, 0.05) is 12.1 Å². The second kappa shape index (κ2) is 9.97. The Bertz CT molecular complexity index is 1310. The van der Waals surface area contributed by atoms with Gasteiger partial charge in [0.1, 0.15) is 23.3 Å². The molecule has 1 N–H and O–H groups in total. The van der Waals surface area contributed by atoms with Gasteiger partial charge in [-0.3, -0.25) is 19.3 Å². The maximum atomic E-state index is 13.6. The lowest BCUT2D eigenvalue weighted by atomic mass is 9.81. The fourth-order valence-corrected chi connectivity index (χ4v) is 6.49. The molecule has 3 aliphatic rings. The molecule has 5 unspecified atom stereocenters. The predicted octanol–water partition coefficient (Wildman–Crippen LogP) is 5.07. The summed E-state index contributed by atoms with van der Waals surface area (Å²) >= 11 is 0. The largest absolute Gasteiger partial charge is 0.497 e. The van der Waals surface area contributed by atoms with E-state index in [1.807, 2.05) is 54.6 Å². The molecule has 6 rings (SSSR count). The Morgan fingerprint density at radius 1 is 0.842 bits per heavy atom. The van der Waals surface area contributed by atoms with Crippen molar-refractivity contribution in [2.45, 2.75) is 31.7 Å². The van der Waals surface area contributed by atoms with Gasteiger partial charge in [-0.2, -0.15) is 0 Å². The molecule has 1 heterocycles. The molecule has 3 aromatic carbocycles. The number of nitrogens with one attached hydrogen (secondary N) is 1. The van der Waals surface area contributed by atoms with Crippen LogP contribution < -0.4 is 14.8 Å². The number of fused-ring (bicyclic) bond motifs is 5. The number of ether oxygens (including phenoxy) is 2. The third kappa shape index (κ3) is 4.42. The highest BCUT2D eigenvalue weighted by Crippen LogP contribution is 2.56. The molecule has 2 saturated carbocycles. The highest BCUT2D eigenvalue weighted by molar-refractivity contribution is 6.10. The molecule has 3 fully saturated rings. The van der Waals surface area contributed by atoms with Gasteiger partial charge in [0.05, 0.1) is 18.9 Å². The molecular weight excluding hydrogens is 480 g/mol. The van der Waals surface area contributed by atoms with Crippen molar-refractivity contribution in [1.29, 1.82) is 0 Å². The summed E-state index contributed by atoms with van der Waals surface area (Å²) in [6, 6.07) is 22.9. The summed E-state index contributed by atoms with van der Waals surface area (Å²) < 4.78 is 11.0. The van der Waals surface area contributed by atoms with Crippen molar-refractivity contribution in [2.24, 2.45) is 23.7 Å². The van der Waals surface area contributed by atoms with Crippen molar-refractivity contribution in [3.05, 3.63) is 84.4 Å². The van der Waals surface area contributed by atoms with E-state index in [-0.39, 0.29) is 47.8 Å². The number of likely N-dealkylation sites (tertiary alicyclic amines) is 1. The summed E-state index contributed by atoms with van der Waals surface area (Å²) in [5, 5.41) is 2.93. The van der Waals surface area contributed by atoms with Crippen LogP contribution >= 0.6 is 0 Å². The van der Waals surface area contributed by atoms with Crippen LogP contribution in [0.4, 0.5) is 5.69 Å². The number of methoxy groups -OCH3 is 1. The van der Waals surface area contributed by atoms with E-state index in [2.05, 4.69) is 5.32 Å². The molecule has 2 aliphatic carbocycles. The van der Waals surface area contributed by atoms with E-state index >= 15 is 0 Å². The lowest BCUT2D eigenvalue weighted by molar-refractivity contribution is -0.147. The molecule has 3 amide bonds. The van der Waals surface area contributed by atoms with Gasteiger partial charge in [0.2, 0.25) is 17.7 Å². The molecular formula is C31H30N2O5. The van der Waals surface area contributed by atoms with E-state index in [1.54, 1.807) is 31.4 Å². The number of anilines is 1. The van der Waals surface area contributed by atoms with E-state index in [0.717, 1.165) is 30.6 Å². The minimum absolute atomic E-state index is 0.175. The first-order chi connectivity index (χ1) is 18.5. The monoisotopic (exact) mass is 510 g/mol. The summed E-state index contributed by atoms with van der Waals surface area (Å²) in [6.45, 7) is 0. The highest BCUT2D eigenvalue weighted by Gasteiger charge is 2.62. The molecule has 1 aliphatic heterocycles. The molecule has 1 saturated heterocycles. The minimum Gasteiger partial charge on any atom is -0.497 e. The highest BCUT2D eigenvalue weighted by atomic mass is 16.5. The van der Waals surface area contributed by atoms with Crippen LogP contribution in [0, 0.1) is 23.7 Å². The van der Waals surface area contributed by atoms with Crippen LogP contribution in [0.1, 0.15) is 24.8 Å². The lowest BCUT2D eigenvalue weighted by Gasteiger charge is -2.27. The zero-order valence-corrected chi connectivity index (χ0v) is 21.2. The van der Waals surface area contributed by atoms with Crippen LogP contribution in [0.3, 0.4) is 0 Å². The first-order valence-corrected chi connectivity index (χ1v) is 13.2. The maximum absolute atomic E-state index is 13.6. The fourth-order valence-electron chi connectivity index (χ4n) is 6.49. The number of amides is 3. The van der Waals surface area contributed by atoms with Crippen molar-refractivity contribution in [2.75, 3.05) is 12.4 Å². The standard InChI is InChI=1S/C31H30N2O5/c1-37-23-13-15-25(16-14-23)38-24-11-9-22(10-12-24)32-29(34)26(17-19-5-3-2-4-6-19)33-30(35)27-20-7-8-21(18-20)28(27)31(33)36/h2-6,9-16,20-21,26-28H,7-8,17-18H2,1H3,(H,32,34). The van der Waals surface area contributed by atoms with E-state index in [1.165, 1.54) is 4.90 Å². The zero-order chi connectivity index (χ0) is 26.2. The number of imide groups is 1. The van der Waals surface area contributed by atoms with Gasteiger partial charge < -0.3 is 14.8 Å². The molecule has 0 radical (unpaired) electrons. The maximum Gasteiger partial charge on any atom is 0.248 e. The quantitative estimate of drug-likeness (QED) is 0.428. The topological polar surface area (TPSA) is 84.9 Å². The average molecular weight is 511 g/mol. The second-order valence-electron chi connectivity index (χ2n) is 10.4.